The fraction of sp³-hybridized carbons (Fsp3) is 0.848. The Labute approximate surface area is 328 Å². The van der Waals surface area contributed by atoms with E-state index in [0.717, 1.165) is 45.3 Å². The summed E-state index contributed by atoms with van der Waals surface area (Å²) in [5.41, 5.74) is 0.603. The van der Waals surface area contributed by atoms with Crippen molar-refractivity contribution in [2.24, 2.45) is 0 Å². The quantitative estimate of drug-likeness (QED) is 0.0464. The number of phenols is 1. The van der Waals surface area contributed by atoms with E-state index >= 15 is 0 Å². The van der Waals surface area contributed by atoms with Gasteiger partial charge in [0, 0.05) is 32.7 Å². The van der Waals surface area contributed by atoms with E-state index < -0.39 is 0 Å². The second-order valence-corrected chi connectivity index (χ2v) is 17.0. The van der Waals surface area contributed by atoms with Crippen molar-refractivity contribution in [2.75, 3.05) is 60.4 Å². The third-order valence-corrected chi connectivity index (χ3v) is 11.2. The normalized spacial score (nSPS) is 13.3. The van der Waals surface area contributed by atoms with Crippen LogP contribution in [0.2, 0.25) is 0 Å². The smallest absolute Gasteiger partial charge is 0.345 e. The third-order valence-electron chi connectivity index (χ3n) is 11.2. The zero-order valence-corrected chi connectivity index (χ0v) is 35.7. The second-order valence-electron chi connectivity index (χ2n) is 17.0. The van der Waals surface area contributed by atoms with Crippen LogP contribution < -0.4 is 0 Å². The molecule has 53 heavy (non-hydrogen) atoms. The zero-order chi connectivity index (χ0) is 39.0. The van der Waals surface area contributed by atoms with Gasteiger partial charge in [0.15, 0.2) is 0 Å². The van der Waals surface area contributed by atoms with Gasteiger partial charge in [-0.05, 0) is 44.2 Å². The number of quaternary nitrogens is 1. The Morgan fingerprint density at radius 3 is 1.30 bits per heavy atom. The summed E-state index contributed by atoms with van der Waals surface area (Å²) < 4.78 is 0.231. The van der Waals surface area contributed by atoms with Gasteiger partial charge >= 0.3 is 5.91 Å². The summed E-state index contributed by atoms with van der Waals surface area (Å²) >= 11 is 0. The molecule has 1 aromatic carbocycles. The maximum atomic E-state index is 13.2. The molecule has 310 valence electrons. The van der Waals surface area contributed by atoms with Gasteiger partial charge < -0.3 is 15.3 Å². The molecular weight excluding hydrogens is 659 g/mol. The Morgan fingerprint density at radius 2 is 0.925 bits per heavy atom. The molecule has 0 saturated heterocycles. The molecule has 0 aliphatic heterocycles. The Bertz CT molecular complexity index is 936. The molecule has 0 fully saturated rings. The van der Waals surface area contributed by atoms with Gasteiger partial charge in [-0.15, -0.1) is 0 Å². The summed E-state index contributed by atoms with van der Waals surface area (Å²) in [5, 5.41) is 31.7. The molecule has 0 aliphatic rings. The first-order valence-corrected chi connectivity index (χ1v) is 22.5. The van der Waals surface area contributed by atoms with Crippen molar-refractivity contribution in [3.05, 3.63) is 29.8 Å². The summed E-state index contributed by atoms with van der Waals surface area (Å²) in [6.45, 7) is 8.76. The van der Waals surface area contributed by atoms with Crippen LogP contribution in [0.15, 0.2) is 24.3 Å². The number of carbonyl (C=O) groups is 1. The summed E-state index contributed by atoms with van der Waals surface area (Å²) in [6, 6.07) is 6.49. The summed E-state index contributed by atoms with van der Waals surface area (Å²) in [4.78, 5) is 17.7. The molecule has 2 atom stereocenters. The number of phenolic OH excluding ortho intramolecular Hbond substituents is 1. The first-order chi connectivity index (χ1) is 25.6. The molecule has 7 nitrogen and oxygen atoms in total. The van der Waals surface area contributed by atoms with Crippen molar-refractivity contribution in [1.29, 1.82) is 0 Å². The lowest BCUT2D eigenvalue weighted by Gasteiger charge is -2.31. The zero-order valence-electron chi connectivity index (χ0n) is 35.7. The molecule has 7 heteroatoms. The van der Waals surface area contributed by atoms with E-state index in [2.05, 4.69) is 30.7 Å². The first kappa shape index (κ1) is 49.5. The second kappa shape index (κ2) is 32.7. The van der Waals surface area contributed by atoms with Crippen LogP contribution in [-0.4, -0.2) is 108 Å². The fourth-order valence-corrected chi connectivity index (χ4v) is 7.38. The van der Waals surface area contributed by atoms with Crippen molar-refractivity contribution in [1.82, 2.24) is 9.80 Å². The van der Waals surface area contributed by atoms with Crippen molar-refractivity contribution in [3.63, 3.8) is 0 Å². The van der Waals surface area contributed by atoms with Gasteiger partial charge in [0.1, 0.15) is 5.75 Å². The van der Waals surface area contributed by atoms with Crippen LogP contribution in [0.5, 0.6) is 5.75 Å². The Kier molecular flexibility index (Phi) is 30.6. The maximum absolute atomic E-state index is 13.2. The average molecular weight is 747 g/mol. The molecule has 1 rings (SSSR count). The van der Waals surface area contributed by atoms with Crippen LogP contribution in [0.4, 0.5) is 0 Å². The third kappa shape index (κ3) is 27.7. The molecule has 0 bridgehead atoms. The number of nitrogens with zero attached hydrogens (tertiary/aromatic N) is 3. The van der Waals surface area contributed by atoms with Crippen molar-refractivity contribution in [2.45, 2.75) is 193 Å². The molecule has 3 N–H and O–H groups in total. The maximum Gasteiger partial charge on any atom is 0.345 e. The number of unbranched alkanes of at least 4 members (excludes halogenated alkanes) is 22. The van der Waals surface area contributed by atoms with E-state index in [1.165, 1.54) is 141 Å². The van der Waals surface area contributed by atoms with Crippen LogP contribution in [-0.2, 0) is 0 Å². The molecule has 0 spiro atoms. The Hall–Kier alpha value is -1.51. The summed E-state index contributed by atoms with van der Waals surface area (Å²) in [5.74, 6) is 0.191. The average Bonchev–Trinajstić information content (AvgIpc) is 3.14. The minimum atomic E-state index is -0.374. The Balaban J connectivity index is 2.46. The monoisotopic (exact) mass is 747 g/mol. The standard InChI is InChI=1S/C46H87N3O4/c1-6-8-10-12-14-16-18-20-22-24-26-28-30-44(51)40-48(41-45(52)31-29-27-25-23-21-19-17-15-13-11-9-7-2)37-36-47(3)38-39-49(4,5)46(53)42-32-34-43(50)35-33-42/h32-35,44-45,51-52H,6-31,36-41H2,1-5H3/p+1. The highest BCUT2D eigenvalue weighted by Crippen LogP contribution is 2.17. The topological polar surface area (TPSA) is 84.2 Å². The molecule has 0 aromatic heterocycles. The lowest BCUT2D eigenvalue weighted by Crippen LogP contribution is -2.50. The van der Waals surface area contributed by atoms with Crippen LogP contribution >= 0.6 is 0 Å². The SMILES string of the molecule is CCCCCCCCCCCCCCC(O)CN(CCN(C)CC[N+](C)(C)C(=O)c1ccc(O)cc1)CC(O)CCCCCCCCCCCCCC. The van der Waals surface area contributed by atoms with Crippen molar-refractivity contribution >= 4 is 5.91 Å². The molecule has 1 aromatic rings. The highest BCUT2D eigenvalue weighted by molar-refractivity contribution is 5.88. The first-order valence-electron chi connectivity index (χ1n) is 22.5. The van der Waals surface area contributed by atoms with Gasteiger partial charge in [-0.25, -0.2) is 4.79 Å². The van der Waals surface area contributed by atoms with Crippen LogP contribution in [0.3, 0.4) is 0 Å². The van der Waals surface area contributed by atoms with E-state index in [1.807, 2.05) is 14.1 Å². The lowest BCUT2D eigenvalue weighted by molar-refractivity contribution is -0.807. The number of aliphatic hydroxyl groups is 2. The van der Waals surface area contributed by atoms with Gasteiger partial charge in [-0.2, -0.15) is 0 Å². The van der Waals surface area contributed by atoms with Gasteiger partial charge in [0.05, 0.1) is 38.4 Å². The molecule has 2 unspecified atom stereocenters. The van der Waals surface area contributed by atoms with E-state index in [1.54, 1.807) is 24.3 Å². The van der Waals surface area contributed by atoms with Crippen LogP contribution in [0, 0.1) is 0 Å². The lowest BCUT2D eigenvalue weighted by atomic mass is 10.0. The number of benzene rings is 1. The van der Waals surface area contributed by atoms with Crippen LogP contribution in [0.1, 0.15) is 191 Å². The summed E-state index contributed by atoms with van der Waals surface area (Å²) in [6.07, 6.45) is 32.5. The minimum absolute atomic E-state index is 0.0295. The van der Waals surface area contributed by atoms with E-state index in [9.17, 15) is 20.1 Å². The number of aromatic hydroxyl groups is 1. The molecule has 0 heterocycles. The van der Waals surface area contributed by atoms with Crippen molar-refractivity contribution < 1.29 is 24.6 Å². The minimum Gasteiger partial charge on any atom is -0.508 e. The van der Waals surface area contributed by atoms with Gasteiger partial charge in [-0.1, -0.05) is 168 Å². The Morgan fingerprint density at radius 1 is 0.566 bits per heavy atom. The number of rotatable bonds is 37. The number of carbonyl (C=O) groups excluding carboxylic acids is 1. The highest BCUT2D eigenvalue weighted by Gasteiger charge is 2.28. The molecule has 0 saturated carbocycles. The number of amides is 1. The van der Waals surface area contributed by atoms with E-state index in [0.29, 0.717) is 25.2 Å². The molecule has 0 radical (unpaired) electrons. The predicted octanol–water partition coefficient (Wildman–Crippen LogP) is 10.7. The highest BCUT2D eigenvalue weighted by atomic mass is 16.3. The number of hydrogen-bond acceptors (Lipinski definition) is 6. The van der Waals surface area contributed by atoms with E-state index in [-0.39, 0.29) is 28.3 Å². The number of hydrogen-bond donors (Lipinski definition) is 3. The predicted molar refractivity (Wildman–Crippen MR) is 227 cm³/mol. The van der Waals surface area contributed by atoms with Gasteiger partial charge in [0.25, 0.3) is 0 Å². The molecule has 1 amide bonds. The van der Waals surface area contributed by atoms with E-state index in [4.69, 9.17) is 0 Å². The molecular formula is C46H88N3O4+. The van der Waals surface area contributed by atoms with Crippen molar-refractivity contribution in [3.8, 4) is 5.75 Å². The molecule has 0 aliphatic carbocycles. The fourth-order valence-electron chi connectivity index (χ4n) is 7.38. The number of aliphatic hydroxyl groups excluding tert-OH is 2. The van der Waals surface area contributed by atoms with Gasteiger partial charge in [-0.3, -0.25) is 14.3 Å². The summed E-state index contributed by atoms with van der Waals surface area (Å²) in [7, 11) is 5.97. The number of likely N-dealkylation sites (N-methyl/N-ethyl adjacent to an activating group) is 2. The van der Waals surface area contributed by atoms with Crippen LogP contribution in [0.25, 0.3) is 0 Å². The largest absolute Gasteiger partial charge is 0.508 e. The van der Waals surface area contributed by atoms with Gasteiger partial charge in [0.2, 0.25) is 0 Å².